The number of sulfone groups is 1. The van der Waals surface area contributed by atoms with Gasteiger partial charge in [-0.2, -0.15) is 0 Å². The maximum atomic E-state index is 11.4. The molecule has 21 heavy (non-hydrogen) atoms. The van der Waals surface area contributed by atoms with Crippen molar-refractivity contribution in [3.8, 4) is 0 Å². The van der Waals surface area contributed by atoms with Crippen molar-refractivity contribution in [2.45, 2.75) is 38.1 Å². The molecule has 2 N–H and O–H groups in total. The molecule has 0 amide bonds. The van der Waals surface area contributed by atoms with Gasteiger partial charge in [0.1, 0.15) is 21.2 Å². The smallest absolute Gasteiger partial charge is 0.339 e. The van der Waals surface area contributed by atoms with Gasteiger partial charge in [0.05, 0.1) is 11.5 Å². The standard InChI is InChI=1S/C14H18N2O4S/c17-14(18)11-8-9-2-1-3-12(9)16-13(11)15-10-4-6-21(19,20)7-5-10/h8,10H,1-7H2,(H,15,16)(H,17,18). The van der Waals surface area contributed by atoms with Gasteiger partial charge < -0.3 is 10.4 Å². The summed E-state index contributed by atoms with van der Waals surface area (Å²) in [4.78, 5) is 15.9. The van der Waals surface area contributed by atoms with Gasteiger partial charge in [-0.15, -0.1) is 0 Å². The monoisotopic (exact) mass is 310 g/mol. The lowest BCUT2D eigenvalue weighted by atomic mass is 10.1. The fourth-order valence-corrected chi connectivity index (χ4v) is 4.46. The molecular formula is C14H18N2O4S. The van der Waals surface area contributed by atoms with Gasteiger partial charge in [-0.05, 0) is 43.7 Å². The number of carboxylic acid groups (broad SMARTS) is 1. The van der Waals surface area contributed by atoms with E-state index in [2.05, 4.69) is 10.3 Å². The number of hydrogen-bond acceptors (Lipinski definition) is 5. The van der Waals surface area contributed by atoms with Crippen LogP contribution < -0.4 is 5.32 Å². The average Bonchev–Trinajstić information content (AvgIpc) is 2.87. The lowest BCUT2D eigenvalue weighted by Gasteiger charge is -2.24. The van der Waals surface area contributed by atoms with Crippen LogP contribution in [0.4, 0.5) is 5.82 Å². The van der Waals surface area contributed by atoms with Crippen molar-refractivity contribution in [1.82, 2.24) is 4.98 Å². The van der Waals surface area contributed by atoms with E-state index in [1.165, 1.54) is 0 Å². The average molecular weight is 310 g/mol. The van der Waals surface area contributed by atoms with Gasteiger partial charge >= 0.3 is 5.97 Å². The lowest BCUT2D eigenvalue weighted by Crippen LogP contribution is -2.33. The van der Waals surface area contributed by atoms with Gasteiger partial charge in [-0.25, -0.2) is 18.2 Å². The summed E-state index contributed by atoms with van der Waals surface area (Å²) in [6, 6.07) is 1.68. The number of nitrogens with one attached hydrogen (secondary N) is 1. The van der Waals surface area contributed by atoms with Gasteiger partial charge in [-0.1, -0.05) is 0 Å². The van der Waals surface area contributed by atoms with Crippen LogP contribution in [-0.4, -0.2) is 42.0 Å². The Morgan fingerprint density at radius 1 is 1.29 bits per heavy atom. The number of aryl methyl sites for hydroxylation is 2. The van der Waals surface area contributed by atoms with Crippen LogP contribution in [-0.2, 0) is 22.7 Å². The molecule has 0 atom stereocenters. The molecule has 1 saturated heterocycles. The van der Waals surface area contributed by atoms with Gasteiger partial charge in [0.25, 0.3) is 0 Å². The van der Waals surface area contributed by atoms with Crippen LogP contribution in [0.25, 0.3) is 0 Å². The van der Waals surface area contributed by atoms with Crippen LogP contribution in [0.15, 0.2) is 6.07 Å². The molecule has 7 heteroatoms. The maximum Gasteiger partial charge on any atom is 0.339 e. The van der Waals surface area contributed by atoms with Crippen molar-refractivity contribution in [3.63, 3.8) is 0 Å². The van der Waals surface area contributed by atoms with Crippen LogP contribution >= 0.6 is 0 Å². The molecule has 0 spiro atoms. The van der Waals surface area contributed by atoms with Gasteiger partial charge in [0.15, 0.2) is 0 Å². The highest BCUT2D eigenvalue weighted by atomic mass is 32.2. The molecule has 0 saturated carbocycles. The zero-order chi connectivity index (χ0) is 15.0. The summed E-state index contributed by atoms with van der Waals surface area (Å²) in [7, 11) is -2.92. The number of aromatic carboxylic acids is 1. The highest BCUT2D eigenvalue weighted by molar-refractivity contribution is 7.91. The first-order valence-electron chi connectivity index (χ1n) is 7.18. The molecule has 114 valence electrons. The summed E-state index contributed by atoms with van der Waals surface area (Å²) in [5.74, 6) is -0.314. The van der Waals surface area contributed by atoms with Crippen molar-refractivity contribution in [2.24, 2.45) is 0 Å². The van der Waals surface area contributed by atoms with Crippen LogP contribution in [0.5, 0.6) is 0 Å². The predicted molar refractivity (Wildman–Crippen MR) is 78.5 cm³/mol. The molecule has 2 heterocycles. The Morgan fingerprint density at radius 2 is 2.00 bits per heavy atom. The van der Waals surface area contributed by atoms with E-state index in [1.54, 1.807) is 6.07 Å². The van der Waals surface area contributed by atoms with Crippen LogP contribution in [0, 0.1) is 0 Å². The van der Waals surface area contributed by atoms with E-state index in [1.807, 2.05) is 0 Å². The summed E-state index contributed by atoms with van der Waals surface area (Å²) >= 11 is 0. The zero-order valence-corrected chi connectivity index (χ0v) is 12.4. The topological polar surface area (TPSA) is 96.4 Å². The number of carbonyl (C=O) groups is 1. The van der Waals surface area contributed by atoms with Gasteiger partial charge in [-0.3, -0.25) is 0 Å². The first-order valence-corrected chi connectivity index (χ1v) is 9.00. The second kappa shape index (κ2) is 5.29. The molecule has 0 unspecified atom stereocenters. The van der Waals surface area contributed by atoms with E-state index in [0.717, 1.165) is 30.5 Å². The fraction of sp³-hybridized carbons (Fsp3) is 0.571. The molecule has 0 aromatic carbocycles. The SMILES string of the molecule is O=C(O)c1cc2c(nc1NC1CCS(=O)(=O)CC1)CCC2. The number of fused-ring (bicyclic) bond motifs is 1. The summed E-state index contributed by atoms with van der Waals surface area (Å²) < 4.78 is 22.9. The number of pyridine rings is 1. The van der Waals surface area contributed by atoms with E-state index in [4.69, 9.17) is 0 Å². The predicted octanol–water partition coefficient (Wildman–Crippen LogP) is 1.26. The number of hydrogen-bond donors (Lipinski definition) is 2. The summed E-state index contributed by atoms with van der Waals surface area (Å²) in [5, 5.41) is 12.5. The quantitative estimate of drug-likeness (QED) is 0.872. The van der Waals surface area contributed by atoms with Crippen LogP contribution in [0.3, 0.4) is 0 Å². The Balaban J connectivity index is 1.83. The van der Waals surface area contributed by atoms with Gasteiger partial charge in [0.2, 0.25) is 0 Å². The van der Waals surface area contributed by atoms with Crippen molar-refractivity contribution >= 4 is 21.6 Å². The molecule has 0 bridgehead atoms. The third kappa shape index (κ3) is 3.02. The number of aromatic nitrogens is 1. The molecule has 1 aromatic heterocycles. The largest absolute Gasteiger partial charge is 0.478 e. The highest BCUT2D eigenvalue weighted by Gasteiger charge is 2.26. The van der Waals surface area contributed by atoms with Crippen molar-refractivity contribution in [2.75, 3.05) is 16.8 Å². The second-order valence-electron chi connectivity index (χ2n) is 5.72. The number of anilines is 1. The summed E-state index contributed by atoms with van der Waals surface area (Å²) in [6.45, 7) is 0. The first kappa shape index (κ1) is 14.3. The molecule has 1 fully saturated rings. The normalized spacial score (nSPS) is 21.0. The zero-order valence-electron chi connectivity index (χ0n) is 11.6. The molecule has 1 aliphatic heterocycles. The fourth-order valence-electron chi connectivity index (χ4n) is 2.97. The lowest BCUT2D eigenvalue weighted by molar-refractivity contribution is 0.0697. The maximum absolute atomic E-state index is 11.4. The minimum atomic E-state index is -2.92. The third-order valence-electron chi connectivity index (χ3n) is 4.18. The molecule has 2 aliphatic rings. The molecule has 3 rings (SSSR count). The van der Waals surface area contributed by atoms with E-state index < -0.39 is 15.8 Å². The van der Waals surface area contributed by atoms with E-state index in [9.17, 15) is 18.3 Å². The highest BCUT2D eigenvalue weighted by Crippen LogP contribution is 2.27. The van der Waals surface area contributed by atoms with E-state index in [-0.39, 0.29) is 23.1 Å². The molecule has 1 aliphatic carbocycles. The Morgan fingerprint density at radius 3 is 2.67 bits per heavy atom. The Bertz CT molecular complexity index is 670. The van der Waals surface area contributed by atoms with Crippen LogP contribution in [0.2, 0.25) is 0 Å². The third-order valence-corrected chi connectivity index (χ3v) is 5.89. The molecule has 6 nitrogen and oxygen atoms in total. The first-order chi connectivity index (χ1) is 9.94. The molecule has 0 radical (unpaired) electrons. The van der Waals surface area contributed by atoms with Crippen molar-refractivity contribution in [3.05, 3.63) is 22.9 Å². The number of carboxylic acids is 1. The minimum Gasteiger partial charge on any atom is -0.478 e. The summed E-state index contributed by atoms with van der Waals surface area (Å²) in [5.41, 5.74) is 2.17. The second-order valence-corrected chi connectivity index (χ2v) is 8.02. The number of rotatable bonds is 3. The Kier molecular flexibility index (Phi) is 3.61. The number of nitrogens with zero attached hydrogens (tertiary/aromatic N) is 1. The van der Waals surface area contributed by atoms with Crippen molar-refractivity contribution in [1.29, 1.82) is 0 Å². The minimum absolute atomic E-state index is 0.0291. The summed E-state index contributed by atoms with van der Waals surface area (Å²) in [6.07, 6.45) is 3.76. The van der Waals surface area contributed by atoms with Crippen LogP contribution in [0.1, 0.15) is 40.9 Å². The molecule has 1 aromatic rings. The Hall–Kier alpha value is -1.63. The van der Waals surface area contributed by atoms with E-state index in [0.29, 0.717) is 18.7 Å². The van der Waals surface area contributed by atoms with Gasteiger partial charge in [0, 0.05) is 11.7 Å². The van der Waals surface area contributed by atoms with Crippen molar-refractivity contribution < 1.29 is 18.3 Å². The Labute approximate surface area is 123 Å². The van der Waals surface area contributed by atoms with E-state index >= 15 is 0 Å². The molecular weight excluding hydrogens is 292 g/mol.